The number of nitrogens with two attached hydrogens (primary N) is 1. The zero-order valence-corrected chi connectivity index (χ0v) is 10.5. The van der Waals surface area contributed by atoms with Gasteiger partial charge in [-0.2, -0.15) is 0 Å². The highest BCUT2D eigenvalue weighted by atomic mass is 35.5. The lowest BCUT2D eigenvalue weighted by Crippen LogP contribution is -2.05. The van der Waals surface area contributed by atoms with Crippen molar-refractivity contribution in [3.63, 3.8) is 0 Å². The Morgan fingerprint density at radius 3 is 2.75 bits per heavy atom. The molecule has 1 aliphatic rings. The summed E-state index contributed by atoms with van der Waals surface area (Å²) in [5.41, 5.74) is 9.78. The Morgan fingerprint density at radius 1 is 1.12 bits per heavy atom. The van der Waals surface area contributed by atoms with E-state index in [0.29, 0.717) is 0 Å². The van der Waals surface area contributed by atoms with Gasteiger partial charge in [0.05, 0.1) is 0 Å². The van der Waals surface area contributed by atoms with E-state index in [1.807, 2.05) is 0 Å². The van der Waals surface area contributed by atoms with Crippen molar-refractivity contribution >= 4 is 11.6 Å². The van der Waals surface area contributed by atoms with Crippen molar-refractivity contribution in [1.29, 1.82) is 0 Å². The van der Waals surface area contributed by atoms with Gasteiger partial charge in [-0.25, -0.2) is 0 Å². The zero-order chi connectivity index (χ0) is 11.4. The zero-order valence-electron chi connectivity index (χ0n) is 9.77. The number of unbranched alkanes of at least 4 members (excludes halogenated alkanes) is 1. The Balaban J connectivity index is 2.12. The van der Waals surface area contributed by atoms with Crippen LogP contribution in [-0.2, 0) is 19.3 Å². The molecule has 2 N–H and O–H groups in total. The highest BCUT2D eigenvalue weighted by Crippen LogP contribution is 2.29. The Labute approximate surface area is 103 Å². The molecule has 0 fully saturated rings. The van der Waals surface area contributed by atoms with Gasteiger partial charge < -0.3 is 5.73 Å². The lowest BCUT2D eigenvalue weighted by molar-refractivity contribution is 0.682. The van der Waals surface area contributed by atoms with Crippen molar-refractivity contribution in [2.24, 2.45) is 5.73 Å². The second-order valence-corrected chi connectivity index (χ2v) is 5.08. The van der Waals surface area contributed by atoms with Crippen LogP contribution < -0.4 is 5.73 Å². The molecule has 2 heteroatoms. The largest absolute Gasteiger partial charge is 0.330 e. The number of fused-ring (bicyclic) bond motifs is 1. The molecule has 0 bridgehead atoms. The van der Waals surface area contributed by atoms with Crippen molar-refractivity contribution in [1.82, 2.24) is 0 Å². The smallest absolute Gasteiger partial charge is 0.0443 e. The third-order valence-electron chi connectivity index (χ3n) is 3.39. The molecule has 0 saturated heterocycles. The summed E-state index contributed by atoms with van der Waals surface area (Å²) in [6.07, 6.45) is 8.37. The fraction of sp³-hybridized carbons (Fsp3) is 0.571. The normalized spacial score (nSPS) is 14.9. The highest BCUT2D eigenvalue weighted by molar-refractivity contribution is 6.31. The van der Waals surface area contributed by atoms with E-state index in [1.165, 1.54) is 42.4 Å². The Hall–Kier alpha value is -0.530. The van der Waals surface area contributed by atoms with Gasteiger partial charge in [-0.1, -0.05) is 17.7 Å². The SMILES string of the molecule is NCCCCc1cc(Cl)c2c(c1)CCCC2. The minimum Gasteiger partial charge on any atom is -0.330 e. The van der Waals surface area contributed by atoms with E-state index in [9.17, 15) is 0 Å². The maximum Gasteiger partial charge on any atom is 0.0443 e. The Bertz CT molecular complexity index is 360. The molecule has 16 heavy (non-hydrogen) atoms. The minimum absolute atomic E-state index is 0.790. The molecule has 0 aromatic heterocycles. The molecule has 1 aliphatic carbocycles. The molecule has 0 saturated carbocycles. The number of benzene rings is 1. The average Bonchev–Trinajstić information content (AvgIpc) is 2.30. The number of hydrogen-bond acceptors (Lipinski definition) is 1. The van der Waals surface area contributed by atoms with E-state index in [1.54, 1.807) is 0 Å². The van der Waals surface area contributed by atoms with Gasteiger partial charge in [0.1, 0.15) is 0 Å². The van der Waals surface area contributed by atoms with Crippen molar-refractivity contribution in [3.8, 4) is 0 Å². The topological polar surface area (TPSA) is 26.0 Å². The quantitative estimate of drug-likeness (QED) is 0.797. The second kappa shape index (κ2) is 5.70. The maximum atomic E-state index is 6.34. The van der Waals surface area contributed by atoms with Crippen LogP contribution in [0.2, 0.25) is 5.02 Å². The minimum atomic E-state index is 0.790. The molecule has 0 spiro atoms. The average molecular weight is 238 g/mol. The third kappa shape index (κ3) is 2.78. The molecule has 2 rings (SSSR count). The fourth-order valence-electron chi connectivity index (χ4n) is 2.49. The molecule has 0 heterocycles. The van der Waals surface area contributed by atoms with Gasteiger partial charge >= 0.3 is 0 Å². The third-order valence-corrected chi connectivity index (χ3v) is 3.73. The summed E-state index contributed by atoms with van der Waals surface area (Å²) in [5.74, 6) is 0. The predicted molar refractivity (Wildman–Crippen MR) is 70.1 cm³/mol. The fourth-order valence-corrected chi connectivity index (χ4v) is 2.85. The highest BCUT2D eigenvalue weighted by Gasteiger charge is 2.13. The first-order valence-corrected chi connectivity index (χ1v) is 6.69. The molecule has 0 radical (unpaired) electrons. The van der Waals surface area contributed by atoms with Gasteiger partial charge in [0.2, 0.25) is 0 Å². The molecular formula is C14H20ClN. The summed E-state index contributed by atoms with van der Waals surface area (Å²) in [4.78, 5) is 0. The second-order valence-electron chi connectivity index (χ2n) is 4.67. The first kappa shape index (κ1) is 11.9. The van der Waals surface area contributed by atoms with Gasteiger partial charge in [-0.3, -0.25) is 0 Å². The summed E-state index contributed by atoms with van der Waals surface area (Å²) in [6, 6.07) is 4.51. The van der Waals surface area contributed by atoms with Gasteiger partial charge in [0, 0.05) is 5.02 Å². The van der Waals surface area contributed by atoms with Gasteiger partial charge in [-0.05, 0) is 74.2 Å². The monoisotopic (exact) mass is 237 g/mol. The van der Waals surface area contributed by atoms with Gasteiger partial charge in [0.25, 0.3) is 0 Å². The van der Waals surface area contributed by atoms with Crippen LogP contribution in [0, 0.1) is 0 Å². The van der Waals surface area contributed by atoms with Gasteiger partial charge in [-0.15, -0.1) is 0 Å². The molecule has 1 aromatic rings. The first-order valence-electron chi connectivity index (χ1n) is 6.31. The molecule has 0 aliphatic heterocycles. The summed E-state index contributed by atoms with van der Waals surface area (Å²) >= 11 is 6.34. The van der Waals surface area contributed by atoms with Crippen molar-refractivity contribution < 1.29 is 0 Å². The van der Waals surface area contributed by atoms with E-state index in [4.69, 9.17) is 17.3 Å². The predicted octanol–water partition coefficient (Wildman–Crippen LogP) is 3.50. The maximum absolute atomic E-state index is 6.34. The molecular weight excluding hydrogens is 218 g/mol. The van der Waals surface area contributed by atoms with E-state index in [2.05, 4.69) is 12.1 Å². The van der Waals surface area contributed by atoms with Crippen molar-refractivity contribution in [3.05, 3.63) is 33.8 Å². The molecule has 1 nitrogen and oxygen atoms in total. The number of aryl methyl sites for hydroxylation is 2. The van der Waals surface area contributed by atoms with Crippen molar-refractivity contribution in [2.75, 3.05) is 6.54 Å². The van der Waals surface area contributed by atoms with Gasteiger partial charge in [0.15, 0.2) is 0 Å². The van der Waals surface area contributed by atoms with Crippen LogP contribution in [0.15, 0.2) is 12.1 Å². The molecule has 0 atom stereocenters. The van der Waals surface area contributed by atoms with Crippen LogP contribution >= 0.6 is 11.6 Å². The van der Waals surface area contributed by atoms with Crippen LogP contribution in [0.25, 0.3) is 0 Å². The van der Waals surface area contributed by atoms with E-state index < -0.39 is 0 Å². The Morgan fingerprint density at radius 2 is 1.94 bits per heavy atom. The molecule has 88 valence electrons. The van der Waals surface area contributed by atoms with Crippen LogP contribution in [0.1, 0.15) is 42.4 Å². The number of rotatable bonds is 4. The molecule has 0 unspecified atom stereocenters. The standard InChI is InChI=1S/C14H20ClN/c15-14-10-11(5-3-4-8-16)9-12-6-1-2-7-13(12)14/h9-10H,1-8,16H2. The first-order chi connectivity index (χ1) is 7.81. The summed E-state index contributed by atoms with van der Waals surface area (Å²) in [6.45, 7) is 0.790. The molecule has 1 aromatic carbocycles. The number of halogens is 1. The van der Waals surface area contributed by atoms with Crippen LogP contribution in [0.5, 0.6) is 0 Å². The summed E-state index contributed by atoms with van der Waals surface area (Å²) < 4.78 is 0. The van der Waals surface area contributed by atoms with E-state index in [-0.39, 0.29) is 0 Å². The van der Waals surface area contributed by atoms with Crippen molar-refractivity contribution in [2.45, 2.75) is 44.9 Å². The van der Waals surface area contributed by atoms with E-state index in [0.717, 1.165) is 30.8 Å². The lowest BCUT2D eigenvalue weighted by Gasteiger charge is -2.18. The van der Waals surface area contributed by atoms with E-state index >= 15 is 0 Å². The van der Waals surface area contributed by atoms with Crippen LogP contribution in [0.3, 0.4) is 0 Å². The summed E-state index contributed by atoms with van der Waals surface area (Å²) in [7, 11) is 0. The van der Waals surface area contributed by atoms with Crippen LogP contribution in [-0.4, -0.2) is 6.54 Å². The Kier molecular flexibility index (Phi) is 4.25. The summed E-state index contributed by atoms with van der Waals surface area (Å²) in [5, 5.41) is 0.986. The molecule has 0 amide bonds. The van der Waals surface area contributed by atoms with Crippen LogP contribution in [0.4, 0.5) is 0 Å². The lowest BCUT2D eigenvalue weighted by atomic mass is 9.89. The number of hydrogen-bond donors (Lipinski definition) is 1.